The van der Waals surface area contributed by atoms with Crippen molar-refractivity contribution < 1.29 is 17.9 Å². The number of carbonyl (C=O) groups excluding carboxylic acids is 1. The van der Waals surface area contributed by atoms with Crippen molar-refractivity contribution in [3.8, 4) is 0 Å². The van der Waals surface area contributed by atoms with Gasteiger partial charge in [-0.3, -0.25) is 10.1 Å². The van der Waals surface area contributed by atoms with Crippen LogP contribution in [0.4, 0.5) is 5.95 Å². The van der Waals surface area contributed by atoms with Crippen molar-refractivity contribution in [2.75, 3.05) is 37.4 Å². The predicted octanol–water partition coefficient (Wildman–Crippen LogP) is -1.20. The molecule has 19 heavy (non-hydrogen) atoms. The number of sulfonamides is 1. The molecule has 0 saturated carbocycles. The van der Waals surface area contributed by atoms with Crippen molar-refractivity contribution in [2.45, 2.75) is 6.42 Å². The van der Waals surface area contributed by atoms with Gasteiger partial charge < -0.3 is 4.74 Å². The van der Waals surface area contributed by atoms with Gasteiger partial charge in [0.15, 0.2) is 0 Å². The molecule has 1 aromatic heterocycles. The Morgan fingerprint density at radius 1 is 1.47 bits per heavy atom. The van der Waals surface area contributed by atoms with Crippen LogP contribution in [0, 0.1) is 0 Å². The average Bonchev–Trinajstić information content (AvgIpc) is 2.90. The summed E-state index contributed by atoms with van der Waals surface area (Å²) in [4.78, 5) is 15.2. The van der Waals surface area contributed by atoms with Gasteiger partial charge in [-0.1, -0.05) is 0 Å². The van der Waals surface area contributed by atoms with Gasteiger partial charge in [-0.25, -0.2) is 13.5 Å². The summed E-state index contributed by atoms with van der Waals surface area (Å²) in [6.07, 6.45) is 1.13. The Labute approximate surface area is 110 Å². The first-order valence-corrected chi connectivity index (χ1v) is 7.39. The van der Waals surface area contributed by atoms with E-state index in [1.54, 1.807) is 0 Å². The van der Waals surface area contributed by atoms with Crippen molar-refractivity contribution in [3.63, 3.8) is 0 Å². The summed E-state index contributed by atoms with van der Waals surface area (Å²) >= 11 is 0. The van der Waals surface area contributed by atoms with Crippen LogP contribution in [0.15, 0.2) is 6.33 Å². The first-order valence-electron chi connectivity index (χ1n) is 5.79. The Balaban J connectivity index is 1.81. The highest BCUT2D eigenvalue weighted by Gasteiger charge is 2.24. The van der Waals surface area contributed by atoms with Crippen LogP contribution in [0.2, 0.25) is 0 Å². The molecule has 106 valence electrons. The second-order valence-electron chi connectivity index (χ2n) is 3.96. The van der Waals surface area contributed by atoms with Crippen LogP contribution in [0.25, 0.3) is 0 Å². The zero-order valence-electron chi connectivity index (χ0n) is 10.2. The predicted molar refractivity (Wildman–Crippen MR) is 65.8 cm³/mol. The van der Waals surface area contributed by atoms with E-state index < -0.39 is 15.9 Å². The summed E-state index contributed by atoms with van der Waals surface area (Å²) in [7, 11) is -3.41. The van der Waals surface area contributed by atoms with E-state index in [0.29, 0.717) is 26.3 Å². The molecule has 0 aromatic carbocycles. The summed E-state index contributed by atoms with van der Waals surface area (Å²) in [5.74, 6) is -0.449. The van der Waals surface area contributed by atoms with Gasteiger partial charge in [0.05, 0.1) is 19.0 Å². The smallest absolute Gasteiger partial charge is 0.227 e. The molecule has 1 saturated heterocycles. The highest BCUT2D eigenvalue weighted by Crippen LogP contribution is 2.07. The normalized spacial score (nSPS) is 17.3. The number of aromatic amines is 1. The molecular weight excluding hydrogens is 274 g/mol. The molecule has 0 radical (unpaired) electrons. The summed E-state index contributed by atoms with van der Waals surface area (Å²) in [5.41, 5.74) is 0. The third-order valence-electron chi connectivity index (χ3n) is 2.62. The monoisotopic (exact) mass is 289 g/mol. The van der Waals surface area contributed by atoms with Crippen LogP contribution in [0.3, 0.4) is 0 Å². The van der Waals surface area contributed by atoms with Crippen molar-refractivity contribution in [1.82, 2.24) is 19.5 Å². The molecule has 0 atom stereocenters. The average molecular weight is 289 g/mol. The molecule has 0 bridgehead atoms. The van der Waals surface area contributed by atoms with Gasteiger partial charge in [-0.15, -0.1) is 0 Å². The lowest BCUT2D eigenvalue weighted by molar-refractivity contribution is -0.115. The van der Waals surface area contributed by atoms with Crippen LogP contribution in [-0.2, 0) is 19.6 Å². The van der Waals surface area contributed by atoms with Crippen molar-refractivity contribution in [2.24, 2.45) is 0 Å². The van der Waals surface area contributed by atoms with Gasteiger partial charge in [0, 0.05) is 19.5 Å². The molecule has 0 unspecified atom stereocenters. The zero-order valence-corrected chi connectivity index (χ0v) is 11.0. The number of amides is 1. The Hall–Kier alpha value is -1.52. The van der Waals surface area contributed by atoms with E-state index in [0.717, 1.165) is 0 Å². The van der Waals surface area contributed by atoms with Gasteiger partial charge in [0.2, 0.25) is 21.9 Å². The summed E-state index contributed by atoms with van der Waals surface area (Å²) in [6.45, 7) is 1.46. The Kier molecular flexibility index (Phi) is 4.45. The van der Waals surface area contributed by atoms with Crippen molar-refractivity contribution in [1.29, 1.82) is 0 Å². The van der Waals surface area contributed by atoms with E-state index >= 15 is 0 Å². The second kappa shape index (κ2) is 6.08. The maximum atomic E-state index is 11.9. The number of aromatic nitrogens is 3. The van der Waals surface area contributed by atoms with E-state index in [1.165, 1.54) is 10.6 Å². The molecule has 9 nitrogen and oxygen atoms in total. The van der Waals surface area contributed by atoms with E-state index in [9.17, 15) is 13.2 Å². The fraction of sp³-hybridized carbons (Fsp3) is 0.667. The van der Waals surface area contributed by atoms with Gasteiger partial charge >= 0.3 is 0 Å². The quantitative estimate of drug-likeness (QED) is 0.702. The fourth-order valence-corrected chi connectivity index (χ4v) is 3.04. The molecule has 2 N–H and O–H groups in total. The maximum absolute atomic E-state index is 11.9. The Bertz CT molecular complexity index is 509. The van der Waals surface area contributed by atoms with Crippen LogP contribution in [0.1, 0.15) is 6.42 Å². The highest BCUT2D eigenvalue weighted by atomic mass is 32.2. The van der Waals surface area contributed by atoms with Gasteiger partial charge in [0.25, 0.3) is 0 Å². The molecule has 2 heterocycles. The van der Waals surface area contributed by atoms with E-state index in [1.807, 2.05) is 0 Å². The lowest BCUT2D eigenvalue weighted by Crippen LogP contribution is -2.42. The van der Waals surface area contributed by atoms with Gasteiger partial charge in [-0.05, 0) is 0 Å². The van der Waals surface area contributed by atoms with Gasteiger partial charge in [-0.2, -0.15) is 14.4 Å². The molecule has 1 aromatic rings. The minimum atomic E-state index is -3.41. The zero-order chi connectivity index (χ0) is 13.7. The number of hydrogen-bond acceptors (Lipinski definition) is 6. The minimum absolute atomic E-state index is 0.125. The van der Waals surface area contributed by atoms with Crippen LogP contribution >= 0.6 is 0 Å². The van der Waals surface area contributed by atoms with Crippen LogP contribution in [-0.4, -0.2) is 65.9 Å². The Morgan fingerprint density at radius 2 is 2.21 bits per heavy atom. The summed E-state index contributed by atoms with van der Waals surface area (Å²) in [5, 5.41) is 8.45. The standard InChI is InChI=1S/C9H15N5O4S/c15-8(12-9-10-7-11-13-9)1-6-19(16,17)14-2-4-18-5-3-14/h7H,1-6H2,(H2,10,11,12,13,15). The molecule has 0 spiro atoms. The molecular formula is C9H15N5O4S. The number of hydrogen-bond donors (Lipinski definition) is 2. The first kappa shape index (κ1) is 13.9. The number of morpholine rings is 1. The third kappa shape index (κ3) is 3.98. The van der Waals surface area contributed by atoms with E-state index in [4.69, 9.17) is 4.74 Å². The number of nitrogens with zero attached hydrogens (tertiary/aromatic N) is 3. The maximum Gasteiger partial charge on any atom is 0.227 e. The number of carbonyl (C=O) groups is 1. The third-order valence-corrected chi connectivity index (χ3v) is 4.50. The van der Waals surface area contributed by atoms with Crippen molar-refractivity contribution >= 4 is 21.9 Å². The van der Waals surface area contributed by atoms with E-state index in [-0.39, 0.29) is 18.1 Å². The first-order chi connectivity index (χ1) is 9.08. The SMILES string of the molecule is O=C(CCS(=O)(=O)N1CCOCC1)Nc1ncn[nH]1. The number of ether oxygens (including phenoxy) is 1. The summed E-state index contributed by atoms with van der Waals surface area (Å²) < 4.78 is 30.3. The molecule has 1 fully saturated rings. The minimum Gasteiger partial charge on any atom is -0.379 e. The molecule has 0 aliphatic carbocycles. The number of H-pyrrole nitrogens is 1. The topological polar surface area (TPSA) is 117 Å². The molecule has 1 aliphatic heterocycles. The number of anilines is 1. The van der Waals surface area contributed by atoms with Crippen LogP contribution < -0.4 is 5.32 Å². The Morgan fingerprint density at radius 3 is 2.84 bits per heavy atom. The van der Waals surface area contributed by atoms with Crippen LogP contribution in [0.5, 0.6) is 0 Å². The van der Waals surface area contributed by atoms with Gasteiger partial charge in [0.1, 0.15) is 6.33 Å². The molecule has 2 rings (SSSR count). The highest BCUT2D eigenvalue weighted by molar-refractivity contribution is 7.89. The second-order valence-corrected chi connectivity index (χ2v) is 6.05. The lowest BCUT2D eigenvalue weighted by Gasteiger charge is -2.25. The summed E-state index contributed by atoms with van der Waals surface area (Å²) in [6, 6.07) is 0. The lowest BCUT2D eigenvalue weighted by atomic mass is 10.4. The largest absolute Gasteiger partial charge is 0.379 e. The fourth-order valence-electron chi connectivity index (χ4n) is 1.64. The molecule has 1 aliphatic rings. The van der Waals surface area contributed by atoms with Crippen molar-refractivity contribution in [3.05, 3.63) is 6.33 Å². The van der Waals surface area contributed by atoms with E-state index in [2.05, 4.69) is 20.5 Å². The number of nitrogens with one attached hydrogen (secondary N) is 2. The molecule has 1 amide bonds. The number of rotatable bonds is 5. The molecule has 10 heteroatoms.